The van der Waals surface area contributed by atoms with Gasteiger partial charge in [0.15, 0.2) is 0 Å². The van der Waals surface area contributed by atoms with Crippen molar-refractivity contribution in [1.82, 2.24) is 25.5 Å². The van der Waals surface area contributed by atoms with E-state index in [-0.39, 0.29) is 11.7 Å². The lowest BCUT2D eigenvalue weighted by molar-refractivity contribution is 0.0366. The molecule has 9 nitrogen and oxygen atoms in total. The minimum Gasteiger partial charge on any atom is -0.494 e. The van der Waals surface area contributed by atoms with Crippen LogP contribution in [0.15, 0.2) is 42.6 Å². The average Bonchev–Trinajstić information content (AvgIpc) is 3.48. The summed E-state index contributed by atoms with van der Waals surface area (Å²) >= 11 is 0. The fourth-order valence-electron chi connectivity index (χ4n) is 5.12. The van der Waals surface area contributed by atoms with Gasteiger partial charge in [0.25, 0.3) is 0 Å². The van der Waals surface area contributed by atoms with E-state index in [2.05, 4.69) is 46.4 Å². The molecule has 2 aliphatic rings. The lowest BCUT2D eigenvalue weighted by Crippen LogP contribution is -2.46. The summed E-state index contributed by atoms with van der Waals surface area (Å²) in [6, 6.07) is 12.2. The van der Waals surface area contributed by atoms with Crippen LogP contribution in [-0.2, 0) is 4.74 Å². The molecule has 0 radical (unpaired) electrons. The van der Waals surface area contributed by atoms with Gasteiger partial charge in [-0.1, -0.05) is 18.2 Å². The molecule has 4 aromatic rings. The summed E-state index contributed by atoms with van der Waals surface area (Å²) in [5.74, 6) is 1.60. The molecule has 5 heterocycles. The molecule has 3 aromatic heterocycles. The van der Waals surface area contributed by atoms with Crippen molar-refractivity contribution in [3.05, 3.63) is 53.7 Å². The topological polar surface area (TPSA) is 105 Å². The van der Waals surface area contributed by atoms with Gasteiger partial charge in [0.1, 0.15) is 34.1 Å². The predicted octanol–water partition coefficient (Wildman–Crippen LogP) is 4.39. The Labute approximate surface area is 208 Å². The molecule has 1 amide bonds. The van der Waals surface area contributed by atoms with Gasteiger partial charge in [0.2, 0.25) is 0 Å². The van der Waals surface area contributed by atoms with Crippen molar-refractivity contribution in [2.24, 2.45) is 0 Å². The number of aromatic nitrogens is 4. The second kappa shape index (κ2) is 8.51. The Morgan fingerprint density at radius 2 is 1.94 bits per heavy atom. The number of nitrogens with one attached hydrogen (secondary N) is 2. The Kier molecular flexibility index (Phi) is 5.28. The van der Waals surface area contributed by atoms with E-state index < -0.39 is 0 Å². The van der Waals surface area contributed by atoms with Gasteiger partial charge < -0.3 is 19.7 Å². The number of benzene rings is 1. The number of aromatic amines is 1. The highest BCUT2D eigenvalue weighted by atomic mass is 16.6. The van der Waals surface area contributed by atoms with E-state index in [4.69, 9.17) is 19.4 Å². The molecule has 0 aliphatic carbocycles. The number of fused-ring (bicyclic) bond motifs is 1. The maximum absolute atomic E-state index is 11.5. The number of carbonyl (C=O) groups is 1. The summed E-state index contributed by atoms with van der Waals surface area (Å²) in [5, 5.41) is 10.4. The van der Waals surface area contributed by atoms with Crippen molar-refractivity contribution in [3.8, 4) is 28.3 Å². The number of amides is 1. The molecule has 2 saturated heterocycles. The quantitative estimate of drug-likeness (QED) is 0.443. The van der Waals surface area contributed by atoms with E-state index in [1.807, 2.05) is 30.5 Å². The van der Waals surface area contributed by atoms with Crippen LogP contribution < -0.4 is 15.0 Å². The highest BCUT2D eigenvalue weighted by Crippen LogP contribution is 2.37. The number of pyridine rings is 2. The maximum Gasteiger partial charge on any atom is 0.407 e. The predicted molar refractivity (Wildman–Crippen MR) is 137 cm³/mol. The first-order valence-electron chi connectivity index (χ1n) is 12.1. The molecule has 0 unspecified atom stereocenters. The van der Waals surface area contributed by atoms with Gasteiger partial charge in [-0.05, 0) is 37.1 Å². The number of piperidine rings is 1. The van der Waals surface area contributed by atoms with Crippen LogP contribution >= 0.6 is 0 Å². The number of aryl methyl sites for hydroxylation is 1. The Morgan fingerprint density at radius 3 is 2.64 bits per heavy atom. The third-order valence-corrected chi connectivity index (χ3v) is 7.46. The number of ether oxygens (including phenoxy) is 2. The summed E-state index contributed by atoms with van der Waals surface area (Å²) < 4.78 is 11.2. The minimum absolute atomic E-state index is 0.316. The van der Waals surface area contributed by atoms with E-state index in [1.165, 1.54) is 11.1 Å². The summed E-state index contributed by atoms with van der Waals surface area (Å²) in [4.78, 5) is 23.5. The molecule has 0 bridgehead atoms. The van der Waals surface area contributed by atoms with Crippen LogP contribution in [0, 0.1) is 13.8 Å². The zero-order valence-corrected chi connectivity index (χ0v) is 20.6. The Bertz CT molecular complexity index is 1450. The largest absolute Gasteiger partial charge is 0.494 e. The molecule has 36 heavy (non-hydrogen) atoms. The van der Waals surface area contributed by atoms with Gasteiger partial charge in [-0.3, -0.25) is 5.10 Å². The number of methoxy groups -OCH3 is 1. The van der Waals surface area contributed by atoms with Gasteiger partial charge >= 0.3 is 6.09 Å². The fraction of sp³-hybridized carbons (Fsp3) is 0.333. The first kappa shape index (κ1) is 22.3. The van der Waals surface area contributed by atoms with E-state index in [9.17, 15) is 4.79 Å². The number of rotatable bonds is 4. The van der Waals surface area contributed by atoms with Crippen LogP contribution in [0.3, 0.4) is 0 Å². The standard InChI is InChI=1S/C27H28N6O3/c1-16-5-4-6-19(17(16)2)24-21(35-3)13-20-25(30-24)23(32-31-20)18-7-8-22(28-14-18)33-11-9-27(10-12-33)15-29-26(34)36-27/h4-8,13-14H,9-12,15H2,1-3H3,(H,29,34)(H,31,32). The second-order valence-electron chi connectivity index (χ2n) is 9.57. The van der Waals surface area contributed by atoms with Crippen LogP contribution in [0.5, 0.6) is 5.75 Å². The third-order valence-electron chi connectivity index (χ3n) is 7.46. The van der Waals surface area contributed by atoms with Crippen molar-refractivity contribution in [1.29, 1.82) is 0 Å². The lowest BCUT2D eigenvalue weighted by Gasteiger charge is -2.37. The van der Waals surface area contributed by atoms with Gasteiger partial charge in [-0.2, -0.15) is 5.10 Å². The molecule has 6 rings (SSSR count). The fourth-order valence-corrected chi connectivity index (χ4v) is 5.12. The summed E-state index contributed by atoms with van der Waals surface area (Å²) in [6.45, 7) is 6.35. The number of carbonyl (C=O) groups excluding carboxylic acids is 1. The Morgan fingerprint density at radius 1 is 1.11 bits per heavy atom. The first-order valence-corrected chi connectivity index (χ1v) is 12.1. The third kappa shape index (κ3) is 3.71. The molecule has 2 fully saturated rings. The zero-order valence-electron chi connectivity index (χ0n) is 20.6. The molecule has 9 heteroatoms. The molecule has 0 atom stereocenters. The molecule has 1 spiro atoms. The molecule has 2 aliphatic heterocycles. The summed E-state index contributed by atoms with van der Waals surface area (Å²) in [7, 11) is 1.66. The van der Waals surface area contributed by atoms with Crippen LogP contribution in [-0.4, -0.2) is 58.6 Å². The van der Waals surface area contributed by atoms with Gasteiger partial charge in [-0.25, -0.2) is 14.8 Å². The number of nitrogens with zero attached hydrogens (tertiary/aromatic N) is 4. The smallest absolute Gasteiger partial charge is 0.407 e. The Hall–Kier alpha value is -4.14. The summed E-state index contributed by atoms with van der Waals surface area (Å²) in [6.07, 6.45) is 3.10. The van der Waals surface area contributed by atoms with Gasteiger partial charge in [0.05, 0.1) is 19.2 Å². The maximum atomic E-state index is 11.5. The van der Waals surface area contributed by atoms with Crippen molar-refractivity contribution in [2.75, 3.05) is 31.6 Å². The second-order valence-corrected chi connectivity index (χ2v) is 9.57. The lowest BCUT2D eigenvalue weighted by atomic mass is 9.91. The summed E-state index contributed by atoms with van der Waals surface area (Å²) in [5.41, 5.74) is 7.05. The molecular weight excluding hydrogens is 456 g/mol. The normalized spacial score (nSPS) is 16.9. The number of hydrogen-bond acceptors (Lipinski definition) is 7. The van der Waals surface area contributed by atoms with Crippen LogP contribution in [0.25, 0.3) is 33.5 Å². The van der Waals surface area contributed by atoms with Crippen LogP contribution in [0.4, 0.5) is 10.6 Å². The van der Waals surface area contributed by atoms with E-state index in [0.29, 0.717) is 12.3 Å². The van der Waals surface area contributed by atoms with Crippen molar-refractivity contribution < 1.29 is 14.3 Å². The monoisotopic (exact) mass is 484 g/mol. The van der Waals surface area contributed by atoms with Gasteiger partial charge in [-0.15, -0.1) is 0 Å². The van der Waals surface area contributed by atoms with Crippen molar-refractivity contribution >= 4 is 22.9 Å². The number of H-pyrrole nitrogens is 1. The highest BCUT2D eigenvalue weighted by Gasteiger charge is 2.43. The van der Waals surface area contributed by atoms with Crippen molar-refractivity contribution in [2.45, 2.75) is 32.3 Å². The highest BCUT2D eigenvalue weighted by molar-refractivity contribution is 5.93. The number of alkyl carbamates (subject to hydrolysis) is 1. The molecule has 1 aromatic carbocycles. The molecule has 0 saturated carbocycles. The van der Waals surface area contributed by atoms with Gasteiger partial charge in [0, 0.05) is 49.3 Å². The van der Waals surface area contributed by atoms with Crippen molar-refractivity contribution in [3.63, 3.8) is 0 Å². The molecule has 2 N–H and O–H groups in total. The van der Waals surface area contributed by atoms with Crippen LogP contribution in [0.1, 0.15) is 24.0 Å². The zero-order chi connectivity index (χ0) is 24.9. The SMILES string of the molecule is COc1cc2[nH]nc(-c3ccc(N4CCC5(CC4)CNC(=O)O5)nc3)c2nc1-c1cccc(C)c1C. The van der Waals surface area contributed by atoms with E-state index in [1.54, 1.807) is 7.11 Å². The number of hydrogen-bond donors (Lipinski definition) is 2. The number of anilines is 1. The van der Waals surface area contributed by atoms with Crippen LogP contribution in [0.2, 0.25) is 0 Å². The average molecular weight is 485 g/mol. The van der Waals surface area contributed by atoms with E-state index >= 15 is 0 Å². The Balaban J connectivity index is 1.30. The molecule has 184 valence electrons. The molecular formula is C27H28N6O3. The first-order chi connectivity index (χ1) is 17.5. The van der Waals surface area contributed by atoms with E-state index in [0.717, 1.165) is 65.3 Å². The minimum atomic E-state index is -0.373.